The SMILES string of the molecule is CC(C)CNCc1cn[nH]c1-c1cccc(OC(F)F)c1. The molecular formula is C15H19F2N3O. The minimum Gasteiger partial charge on any atom is -0.435 e. The van der Waals surface area contributed by atoms with Crippen LogP contribution in [0.25, 0.3) is 11.3 Å². The van der Waals surface area contributed by atoms with Crippen LogP contribution >= 0.6 is 0 Å². The molecule has 0 saturated carbocycles. The van der Waals surface area contributed by atoms with Gasteiger partial charge >= 0.3 is 6.61 Å². The Morgan fingerprint density at radius 3 is 2.86 bits per heavy atom. The highest BCUT2D eigenvalue weighted by molar-refractivity contribution is 5.64. The molecule has 0 unspecified atom stereocenters. The van der Waals surface area contributed by atoms with Crippen molar-refractivity contribution in [1.29, 1.82) is 0 Å². The number of aromatic nitrogens is 2. The number of H-pyrrole nitrogens is 1. The van der Waals surface area contributed by atoms with Crippen LogP contribution in [0.5, 0.6) is 5.75 Å². The number of ether oxygens (including phenoxy) is 1. The van der Waals surface area contributed by atoms with Crippen LogP contribution in [0.3, 0.4) is 0 Å². The van der Waals surface area contributed by atoms with E-state index in [2.05, 4.69) is 34.1 Å². The molecule has 21 heavy (non-hydrogen) atoms. The van der Waals surface area contributed by atoms with E-state index >= 15 is 0 Å². The van der Waals surface area contributed by atoms with Gasteiger partial charge in [0.2, 0.25) is 0 Å². The second-order valence-electron chi connectivity index (χ2n) is 5.20. The normalized spacial score (nSPS) is 11.3. The lowest BCUT2D eigenvalue weighted by Gasteiger charge is -2.09. The maximum absolute atomic E-state index is 12.3. The lowest BCUT2D eigenvalue weighted by atomic mass is 10.1. The van der Waals surface area contributed by atoms with E-state index in [1.54, 1.807) is 18.3 Å². The third-order valence-electron chi connectivity index (χ3n) is 2.93. The molecule has 6 heteroatoms. The number of nitrogens with zero attached hydrogens (tertiary/aromatic N) is 1. The molecule has 0 atom stereocenters. The van der Waals surface area contributed by atoms with Gasteiger partial charge in [-0.2, -0.15) is 13.9 Å². The van der Waals surface area contributed by atoms with Crippen molar-refractivity contribution in [2.24, 2.45) is 5.92 Å². The van der Waals surface area contributed by atoms with E-state index in [4.69, 9.17) is 0 Å². The molecule has 0 saturated heterocycles. The first-order valence-electron chi connectivity index (χ1n) is 6.84. The van der Waals surface area contributed by atoms with Gasteiger partial charge in [-0.15, -0.1) is 0 Å². The zero-order chi connectivity index (χ0) is 15.2. The fourth-order valence-corrected chi connectivity index (χ4v) is 2.02. The standard InChI is InChI=1S/C15H19F2N3O/c1-10(2)7-18-8-12-9-19-20-14(12)11-4-3-5-13(6-11)21-15(16)17/h3-6,9-10,15,18H,7-8H2,1-2H3,(H,19,20). The highest BCUT2D eigenvalue weighted by Gasteiger charge is 2.10. The molecule has 0 amide bonds. The summed E-state index contributed by atoms with van der Waals surface area (Å²) in [7, 11) is 0. The van der Waals surface area contributed by atoms with Crippen molar-refractivity contribution in [2.75, 3.05) is 6.54 Å². The molecule has 2 N–H and O–H groups in total. The predicted molar refractivity (Wildman–Crippen MR) is 77.2 cm³/mol. The topological polar surface area (TPSA) is 49.9 Å². The van der Waals surface area contributed by atoms with Crippen LogP contribution in [0.2, 0.25) is 0 Å². The summed E-state index contributed by atoms with van der Waals surface area (Å²) in [5.41, 5.74) is 2.57. The Morgan fingerprint density at radius 2 is 2.14 bits per heavy atom. The maximum atomic E-state index is 12.3. The van der Waals surface area contributed by atoms with Crippen LogP contribution in [0, 0.1) is 5.92 Å². The third kappa shape index (κ3) is 4.53. The van der Waals surface area contributed by atoms with E-state index in [1.807, 2.05) is 6.07 Å². The zero-order valence-corrected chi connectivity index (χ0v) is 12.1. The molecular weight excluding hydrogens is 276 g/mol. The number of hydrogen-bond donors (Lipinski definition) is 2. The van der Waals surface area contributed by atoms with Crippen molar-refractivity contribution in [3.63, 3.8) is 0 Å². The summed E-state index contributed by atoms with van der Waals surface area (Å²) < 4.78 is 28.9. The number of benzene rings is 1. The van der Waals surface area contributed by atoms with E-state index in [9.17, 15) is 8.78 Å². The highest BCUT2D eigenvalue weighted by atomic mass is 19.3. The second kappa shape index (κ2) is 7.17. The Hall–Kier alpha value is -1.95. The van der Waals surface area contributed by atoms with Gasteiger partial charge in [0.05, 0.1) is 11.9 Å². The first-order chi connectivity index (χ1) is 10.1. The molecule has 2 rings (SSSR count). The van der Waals surface area contributed by atoms with Crippen LogP contribution in [0.15, 0.2) is 30.5 Å². The molecule has 0 aliphatic heterocycles. The molecule has 114 valence electrons. The molecule has 0 spiro atoms. The third-order valence-corrected chi connectivity index (χ3v) is 2.93. The van der Waals surface area contributed by atoms with Gasteiger partial charge in [0.1, 0.15) is 5.75 Å². The van der Waals surface area contributed by atoms with Crippen molar-refractivity contribution in [3.05, 3.63) is 36.0 Å². The maximum Gasteiger partial charge on any atom is 0.387 e. The zero-order valence-electron chi connectivity index (χ0n) is 12.1. The van der Waals surface area contributed by atoms with Gasteiger partial charge in [0.25, 0.3) is 0 Å². The first kappa shape index (κ1) is 15.4. The molecule has 0 fully saturated rings. The summed E-state index contributed by atoms with van der Waals surface area (Å²) in [6, 6.07) is 6.59. The van der Waals surface area contributed by atoms with Gasteiger partial charge in [-0.3, -0.25) is 5.10 Å². The van der Waals surface area contributed by atoms with Crippen molar-refractivity contribution < 1.29 is 13.5 Å². The second-order valence-corrected chi connectivity index (χ2v) is 5.20. The summed E-state index contributed by atoms with van der Waals surface area (Å²) in [6.45, 7) is 3.01. The smallest absolute Gasteiger partial charge is 0.387 e. The number of rotatable bonds is 7. The Morgan fingerprint density at radius 1 is 1.33 bits per heavy atom. The summed E-state index contributed by atoms with van der Waals surface area (Å²) in [4.78, 5) is 0. The largest absolute Gasteiger partial charge is 0.435 e. The van der Waals surface area contributed by atoms with Crippen LogP contribution < -0.4 is 10.1 Å². The Labute approximate surface area is 122 Å². The van der Waals surface area contributed by atoms with E-state index in [0.29, 0.717) is 12.5 Å². The number of halogens is 2. The quantitative estimate of drug-likeness (QED) is 0.823. The molecule has 2 aromatic rings. The average molecular weight is 295 g/mol. The van der Waals surface area contributed by atoms with E-state index in [0.717, 1.165) is 23.4 Å². The Balaban J connectivity index is 2.13. The van der Waals surface area contributed by atoms with Crippen LogP contribution in [0.1, 0.15) is 19.4 Å². The molecule has 1 aromatic carbocycles. The van der Waals surface area contributed by atoms with Crippen molar-refractivity contribution >= 4 is 0 Å². The molecule has 0 radical (unpaired) electrons. The van der Waals surface area contributed by atoms with Gasteiger partial charge in [0.15, 0.2) is 0 Å². The number of aromatic amines is 1. The minimum atomic E-state index is -2.82. The minimum absolute atomic E-state index is 0.137. The van der Waals surface area contributed by atoms with Crippen LogP contribution in [-0.4, -0.2) is 23.4 Å². The number of nitrogens with one attached hydrogen (secondary N) is 2. The number of hydrogen-bond acceptors (Lipinski definition) is 3. The monoisotopic (exact) mass is 295 g/mol. The predicted octanol–water partition coefficient (Wildman–Crippen LogP) is 3.42. The van der Waals surface area contributed by atoms with Gasteiger partial charge in [-0.1, -0.05) is 26.0 Å². The fraction of sp³-hybridized carbons (Fsp3) is 0.400. The van der Waals surface area contributed by atoms with Crippen molar-refractivity contribution in [3.8, 4) is 17.0 Å². The molecule has 0 bridgehead atoms. The highest BCUT2D eigenvalue weighted by Crippen LogP contribution is 2.25. The van der Waals surface area contributed by atoms with E-state index in [-0.39, 0.29) is 5.75 Å². The van der Waals surface area contributed by atoms with Gasteiger partial charge in [0, 0.05) is 17.7 Å². The first-order valence-corrected chi connectivity index (χ1v) is 6.84. The van der Waals surface area contributed by atoms with E-state index < -0.39 is 6.61 Å². The van der Waals surface area contributed by atoms with Crippen molar-refractivity contribution in [2.45, 2.75) is 27.0 Å². The summed E-state index contributed by atoms with van der Waals surface area (Å²) in [5.74, 6) is 0.696. The summed E-state index contributed by atoms with van der Waals surface area (Å²) in [6.07, 6.45) is 1.74. The van der Waals surface area contributed by atoms with Gasteiger partial charge in [-0.05, 0) is 24.6 Å². The molecule has 1 heterocycles. The summed E-state index contributed by atoms with van der Waals surface area (Å²) >= 11 is 0. The molecule has 1 aromatic heterocycles. The van der Waals surface area contributed by atoms with Gasteiger partial charge < -0.3 is 10.1 Å². The fourth-order valence-electron chi connectivity index (χ4n) is 2.02. The molecule has 4 nitrogen and oxygen atoms in total. The Bertz CT molecular complexity index is 570. The van der Waals surface area contributed by atoms with Crippen LogP contribution in [-0.2, 0) is 6.54 Å². The molecule has 0 aliphatic carbocycles. The van der Waals surface area contributed by atoms with Crippen LogP contribution in [0.4, 0.5) is 8.78 Å². The average Bonchev–Trinajstić information content (AvgIpc) is 2.86. The lowest BCUT2D eigenvalue weighted by Crippen LogP contribution is -2.19. The van der Waals surface area contributed by atoms with Crippen molar-refractivity contribution in [1.82, 2.24) is 15.5 Å². The van der Waals surface area contributed by atoms with E-state index in [1.165, 1.54) is 6.07 Å². The number of alkyl halides is 2. The van der Waals surface area contributed by atoms with Gasteiger partial charge in [-0.25, -0.2) is 0 Å². The Kier molecular flexibility index (Phi) is 5.27. The lowest BCUT2D eigenvalue weighted by molar-refractivity contribution is -0.0498. The molecule has 0 aliphatic rings. The summed E-state index contributed by atoms with van der Waals surface area (Å²) in [5, 5.41) is 10.3.